The molecule has 0 aliphatic rings. The van der Waals surface area contributed by atoms with Crippen LogP contribution in [0.5, 0.6) is 5.75 Å². The summed E-state index contributed by atoms with van der Waals surface area (Å²) in [6, 6.07) is 18.1. The predicted octanol–water partition coefficient (Wildman–Crippen LogP) is 2.79. The molecule has 2 rings (SSSR count). The molecule has 2 aromatic rings. The lowest BCUT2D eigenvalue weighted by Gasteiger charge is -2.23. The monoisotopic (exact) mass is 370 g/mol. The topological polar surface area (TPSA) is 104 Å². The van der Waals surface area contributed by atoms with Crippen molar-refractivity contribution in [1.82, 2.24) is 0 Å². The molecule has 3 unspecified atom stereocenters. The number of rotatable bonds is 8. The number of benzene rings is 2. The highest BCUT2D eigenvalue weighted by atomic mass is 32.2. The molecule has 0 saturated heterocycles. The van der Waals surface area contributed by atoms with Crippen molar-refractivity contribution in [2.45, 2.75) is 23.9 Å². The van der Waals surface area contributed by atoms with Gasteiger partial charge in [-0.1, -0.05) is 48.5 Å². The van der Waals surface area contributed by atoms with Gasteiger partial charge in [-0.3, -0.25) is 4.57 Å². The molecule has 0 aliphatic carbocycles. The molecule has 3 atom stereocenters. The van der Waals surface area contributed by atoms with Gasteiger partial charge in [0.05, 0.1) is 0 Å². The van der Waals surface area contributed by atoms with Crippen LogP contribution in [0.3, 0.4) is 0 Å². The molecule has 0 aliphatic heterocycles. The molecule has 0 radical (unpaired) electrons. The Bertz CT molecular complexity index is 662. The lowest BCUT2D eigenvalue weighted by atomic mass is 10.1. The van der Waals surface area contributed by atoms with Gasteiger partial charge >= 0.3 is 7.60 Å². The first-order chi connectivity index (χ1) is 11.4. The number of para-hydroxylation sites is 1. The van der Waals surface area contributed by atoms with Crippen molar-refractivity contribution in [1.29, 1.82) is 0 Å². The Kier molecular flexibility index (Phi) is 6.71. The Morgan fingerprint density at radius 2 is 1.54 bits per heavy atom. The molecular formula is C16H19O6PS. The van der Waals surface area contributed by atoms with Crippen LogP contribution < -0.4 is 4.74 Å². The summed E-state index contributed by atoms with van der Waals surface area (Å²) >= 11 is -2.65. The van der Waals surface area contributed by atoms with E-state index < -0.39 is 29.8 Å². The molecule has 8 heteroatoms. The van der Waals surface area contributed by atoms with Gasteiger partial charge in [0, 0.05) is 12.8 Å². The van der Waals surface area contributed by atoms with Gasteiger partial charge in [0.2, 0.25) is 0 Å². The van der Waals surface area contributed by atoms with E-state index in [1.807, 2.05) is 36.4 Å². The zero-order valence-electron chi connectivity index (χ0n) is 12.8. The summed E-state index contributed by atoms with van der Waals surface area (Å²) in [6.45, 7) is 0. The smallest absolute Gasteiger partial charge is 0.343 e. The molecule has 6 nitrogen and oxygen atoms in total. The number of hydrogen-bond donors (Lipinski definition) is 3. The Labute approximate surface area is 142 Å². The SMILES string of the molecule is O=S(O)C(CC(Cc1ccccc1)Oc1ccccc1)P(=O)(O)O. The van der Waals surface area contributed by atoms with Gasteiger partial charge in [-0.25, -0.2) is 4.21 Å². The summed E-state index contributed by atoms with van der Waals surface area (Å²) in [7, 11) is -4.73. The quantitative estimate of drug-likeness (QED) is 0.488. The van der Waals surface area contributed by atoms with E-state index in [1.165, 1.54) is 0 Å². The first-order valence-corrected chi connectivity index (χ1v) is 10.1. The van der Waals surface area contributed by atoms with Crippen molar-refractivity contribution in [3.05, 3.63) is 66.2 Å². The number of hydrogen-bond acceptors (Lipinski definition) is 3. The van der Waals surface area contributed by atoms with E-state index in [2.05, 4.69) is 0 Å². The van der Waals surface area contributed by atoms with Crippen molar-refractivity contribution < 1.29 is 27.9 Å². The second kappa shape index (κ2) is 8.55. The van der Waals surface area contributed by atoms with Crippen LogP contribution in [0.25, 0.3) is 0 Å². The van der Waals surface area contributed by atoms with Gasteiger partial charge in [0.25, 0.3) is 0 Å². The maximum absolute atomic E-state index is 11.5. The number of ether oxygens (including phenoxy) is 1. The van der Waals surface area contributed by atoms with Crippen molar-refractivity contribution >= 4 is 18.7 Å². The second-order valence-corrected chi connectivity index (χ2v) is 8.57. The molecule has 3 N–H and O–H groups in total. The van der Waals surface area contributed by atoms with Gasteiger partial charge in [0.1, 0.15) is 11.9 Å². The van der Waals surface area contributed by atoms with Gasteiger partial charge in [-0.2, -0.15) is 0 Å². The highest BCUT2D eigenvalue weighted by Gasteiger charge is 2.37. The van der Waals surface area contributed by atoms with Crippen LogP contribution in [0.1, 0.15) is 12.0 Å². The highest BCUT2D eigenvalue weighted by molar-refractivity contribution is 7.88. The third-order valence-electron chi connectivity index (χ3n) is 3.42. The van der Waals surface area contributed by atoms with E-state index in [0.29, 0.717) is 12.2 Å². The molecule has 0 heterocycles. The summed E-state index contributed by atoms with van der Waals surface area (Å²) < 4.78 is 37.9. The zero-order chi connectivity index (χ0) is 17.6. The van der Waals surface area contributed by atoms with Gasteiger partial charge in [-0.05, 0) is 17.7 Å². The minimum Gasteiger partial charge on any atom is -0.490 e. The third kappa shape index (κ3) is 5.85. The van der Waals surface area contributed by atoms with Crippen LogP contribution in [0.2, 0.25) is 0 Å². The van der Waals surface area contributed by atoms with E-state index in [1.54, 1.807) is 24.3 Å². The standard InChI is InChI=1S/C16H19O6PS/c17-23(18,19)16(24(20)21)12-15(11-13-7-3-1-4-8-13)22-14-9-5-2-6-10-14/h1-10,15-16H,11-12H2,(H,20,21)(H2,17,18,19). The van der Waals surface area contributed by atoms with Crippen molar-refractivity contribution in [2.75, 3.05) is 0 Å². The molecule has 2 aromatic carbocycles. The molecule has 0 saturated carbocycles. The van der Waals surface area contributed by atoms with E-state index in [4.69, 9.17) is 4.74 Å². The lowest BCUT2D eigenvalue weighted by Crippen LogP contribution is -2.28. The molecule has 0 aromatic heterocycles. The molecule has 0 bridgehead atoms. The summed E-state index contributed by atoms with van der Waals surface area (Å²) in [5.74, 6) is 0.534. The maximum atomic E-state index is 11.5. The normalized spacial score (nSPS) is 15.5. The van der Waals surface area contributed by atoms with Crippen molar-refractivity contribution in [3.63, 3.8) is 0 Å². The summed E-state index contributed by atoms with van der Waals surface area (Å²) in [6.07, 6.45) is -0.524. The van der Waals surface area contributed by atoms with Crippen LogP contribution >= 0.6 is 7.60 Å². The largest absolute Gasteiger partial charge is 0.490 e. The van der Waals surface area contributed by atoms with Gasteiger partial charge in [-0.15, -0.1) is 0 Å². The highest BCUT2D eigenvalue weighted by Crippen LogP contribution is 2.45. The maximum Gasteiger partial charge on any atom is 0.343 e. The molecule has 0 fully saturated rings. The first kappa shape index (κ1) is 18.8. The zero-order valence-corrected chi connectivity index (χ0v) is 14.5. The fraction of sp³-hybridized carbons (Fsp3) is 0.250. The van der Waals surface area contributed by atoms with Gasteiger partial charge < -0.3 is 19.1 Å². The van der Waals surface area contributed by atoms with Crippen LogP contribution in [-0.2, 0) is 22.1 Å². The Balaban J connectivity index is 2.21. The lowest BCUT2D eigenvalue weighted by molar-refractivity contribution is 0.191. The molecule has 0 spiro atoms. The van der Waals surface area contributed by atoms with E-state index in [0.717, 1.165) is 5.56 Å². The van der Waals surface area contributed by atoms with Crippen LogP contribution in [0, 0.1) is 0 Å². The van der Waals surface area contributed by atoms with Crippen LogP contribution in [0.15, 0.2) is 60.7 Å². The Morgan fingerprint density at radius 3 is 2.04 bits per heavy atom. The molecule has 24 heavy (non-hydrogen) atoms. The Morgan fingerprint density at radius 1 is 1.00 bits per heavy atom. The fourth-order valence-corrected chi connectivity index (χ4v) is 4.13. The summed E-state index contributed by atoms with van der Waals surface area (Å²) in [4.78, 5) is 17.0. The fourth-order valence-electron chi connectivity index (χ4n) is 2.30. The van der Waals surface area contributed by atoms with E-state index in [9.17, 15) is 23.1 Å². The minimum atomic E-state index is -4.73. The van der Waals surface area contributed by atoms with E-state index in [-0.39, 0.29) is 6.42 Å². The van der Waals surface area contributed by atoms with Crippen molar-refractivity contribution in [2.24, 2.45) is 0 Å². The third-order valence-corrected chi connectivity index (χ3v) is 6.41. The summed E-state index contributed by atoms with van der Waals surface area (Å²) in [5, 5.41) is 0. The summed E-state index contributed by atoms with van der Waals surface area (Å²) in [5.41, 5.74) is 0.909. The second-order valence-electron chi connectivity index (χ2n) is 5.30. The molecule has 130 valence electrons. The predicted molar refractivity (Wildman–Crippen MR) is 92.2 cm³/mol. The van der Waals surface area contributed by atoms with Crippen molar-refractivity contribution in [3.8, 4) is 5.75 Å². The van der Waals surface area contributed by atoms with Crippen LogP contribution in [0.4, 0.5) is 0 Å². The van der Waals surface area contributed by atoms with Crippen LogP contribution in [-0.4, -0.2) is 29.6 Å². The first-order valence-electron chi connectivity index (χ1n) is 7.27. The minimum absolute atomic E-state index is 0.239. The van der Waals surface area contributed by atoms with E-state index >= 15 is 0 Å². The van der Waals surface area contributed by atoms with Gasteiger partial charge in [0.15, 0.2) is 16.1 Å². The average Bonchev–Trinajstić information content (AvgIpc) is 2.53. The molecular weight excluding hydrogens is 351 g/mol. The average molecular weight is 370 g/mol. The Hall–Kier alpha value is -1.50. The molecule has 0 amide bonds.